The Morgan fingerprint density at radius 3 is 1.92 bits per heavy atom. The van der Waals surface area contributed by atoms with Crippen LogP contribution < -0.4 is 5.73 Å². The lowest BCUT2D eigenvalue weighted by Crippen LogP contribution is -2.36. The number of rotatable bonds is 2. The molecule has 1 saturated carbocycles. The summed E-state index contributed by atoms with van der Waals surface area (Å²) in [6.07, 6.45) is 6.57. The molecule has 0 heterocycles. The van der Waals surface area contributed by atoms with Crippen LogP contribution in [0.25, 0.3) is 0 Å². The topological polar surface area (TPSA) is 26.0 Å². The average Bonchev–Trinajstić information content (AvgIpc) is 2.34. The van der Waals surface area contributed by atoms with Gasteiger partial charge in [-0.15, -0.1) is 0 Å². The minimum Gasteiger partial charge on any atom is -0.327 e. The van der Waals surface area contributed by atoms with Gasteiger partial charge in [-0.2, -0.15) is 0 Å². The van der Waals surface area contributed by atoms with E-state index in [1.807, 2.05) is 0 Å². The van der Waals surface area contributed by atoms with Crippen LogP contribution in [0.15, 0.2) is 11.1 Å². The lowest BCUT2D eigenvalue weighted by atomic mass is 9.80. The maximum atomic E-state index is 6.27. The van der Waals surface area contributed by atoms with Crippen molar-refractivity contribution in [3.05, 3.63) is 11.1 Å². The highest BCUT2D eigenvalue weighted by molar-refractivity contribution is 5.31. The summed E-state index contributed by atoms with van der Waals surface area (Å²) in [5.74, 6) is 1.50. The second-order valence-corrected chi connectivity index (χ2v) is 4.48. The number of fused-ring (bicyclic) bond motifs is 2. The molecule has 2 N–H and O–H groups in total. The second kappa shape index (κ2) is 3.45. The molecule has 2 rings (SSSR count). The van der Waals surface area contributed by atoms with Crippen molar-refractivity contribution in [2.45, 2.75) is 52.0 Å². The van der Waals surface area contributed by atoms with Gasteiger partial charge < -0.3 is 5.73 Å². The summed E-state index contributed by atoms with van der Waals surface area (Å²) in [4.78, 5) is 0. The normalized spacial score (nSPS) is 38.5. The molecule has 0 amide bonds. The van der Waals surface area contributed by atoms with Crippen LogP contribution in [0, 0.1) is 11.8 Å². The van der Waals surface area contributed by atoms with Crippen molar-refractivity contribution in [3.63, 3.8) is 0 Å². The van der Waals surface area contributed by atoms with Crippen molar-refractivity contribution in [2.24, 2.45) is 17.6 Å². The van der Waals surface area contributed by atoms with Gasteiger partial charge in [0, 0.05) is 6.04 Å². The third-order valence-corrected chi connectivity index (χ3v) is 4.03. The van der Waals surface area contributed by atoms with Crippen molar-refractivity contribution >= 4 is 0 Å². The quantitative estimate of drug-likeness (QED) is 0.648. The van der Waals surface area contributed by atoms with Gasteiger partial charge in [0.15, 0.2) is 0 Å². The fraction of sp³-hybridized carbons (Fsp3) is 0.833. The van der Waals surface area contributed by atoms with Crippen molar-refractivity contribution in [1.82, 2.24) is 0 Å². The SMILES string of the molecule is CCC1=C(CC)C2CCCC1C2N. The Hall–Kier alpha value is -0.300. The fourth-order valence-electron chi connectivity index (χ4n) is 3.49. The molecule has 1 heteroatoms. The standard InChI is InChI=1S/C12H21N/c1-3-8-9(4-2)11-7-5-6-10(8)12(11)13/h10-12H,3-7,13H2,1-2H3. The minimum absolute atomic E-state index is 0.471. The largest absolute Gasteiger partial charge is 0.327 e. The maximum absolute atomic E-state index is 6.27. The predicted octanol–water partition coefficient (Wildman–Crippen LogP) is 2.86. The van der Waals surface area contributed by atoms with Crippen LogP contribution in [-0.2, 0) is 0 Å². The monoisotopic (exact) mass is 179 g/mol. The molecule has 1 nitrogen and oxygen atoms in total. The van der Waals surface area contributed by atoms with Crippen LogP contribution in [-0.4, -0.2) is 6.04 Å². The highest BCUT2D eigenvalue weighted by Crippen LogP contribution is 2.47. The Morgan fingerprint density at radius 2 is 1.54 bits per heavy atom. The summed E-state index contributed by atoms with van der Waals surface area (Å²) < 4.78 is 0. The molecule has 2 aliphatic carbocycles. The summed E-state index contributed by atoms with van der Waals surface area (Å²) >= 11 is 0. The zero-order valence-electron chi connectivity index (χ0n) is 8.84. The molecule has 2 atom stereocenters. The third-order valence-electron chi connectivity index (χ3n) is 4.03. The highest BCUT2D eigenvalue weighted by Gasteiger charge is 2.40. The maximum Gasteiger partial charge on any atom is 0.0171 e. The first-order valence-corrected chi connectivity index (χ1v) is 5.77. The summed E-state index contributed by atoms with van der Waals surface area (Å²) in [6.45, 7) is 4.58. The van der Waals surface area contributed by atoms with Crippen LogP contribution in [0.3, 0.4) is 0 Å². The van der Waals surface area contributed by atoms with E-state index in [1.165, 1.54) is 32.1 Å². The van der Waals surface area contributed by atoms with Gasteiger partial charge in [0.1, 0.15) is 0 Å². The molecule has 0 spiro atoms. The van der Waals surface area contributed by atoms with Gasteiger partial charge in [0.2, 0.25) is 0 Å². The number of hydrogen-bond acceptors (Lipinski definition) is 1. The van der Waals surface area contributed by atoms with Gasteiger partial charge in [-0.3, -0.25) is 0 Å². The van der Waals surface area contributed by atoms with Crippen molar-refractivity contribution in [2.75, 3.05) is 0 Å². The molecule has 0 radical (unpaired) electrons. The summed E-state index contributed by atoms with van der Waals surface area (Å²) in [7, 11) is 0. The second-order valence-electron chi connectivity index (χ2n) is 4.48. The van der Waals surface area contributed by atoms with E-state index in [0.717, 1.165) is 11.8 Å². The van der Waals surface area contributed by atoms with Crippen LogP contribution in [0.1, 0.15) is 46.0 Å². The van der Waals surface area contributed by atoms with E-state index in [0.29, 0.717) is 6.04 Å². The van der Waals surface area contributed by atoms with Gasteiger partial charge >= 0.3 is 0 Å². The lowest BCUT2D eigenvalue weighted by molar-refractivity contribution is 0.309. The number of hydrogen-bond donors (Lipinski definition) is 1. The molecule has 0 aromatic heterocycles. The van der Waals surface area contributed by atoms with E-state index in [1.54, 1.807) is 11.1 Å². The smallest absolute Gasteiger partial charge is 0.0171 e. The summed E-state index contributed by atoms with van der Waals surface area (Å²) in [5, 5.41) is 0. The molecular formula is C12H21N. The van der Waals surface area contributed by atoms with Gasteiger partial charge in [-0.1, -0.05) is 31.4 Å². The lowest BCUT2D eigenvalue weighted by Gasteiger charge is -2.28. The zero-order valence-corrected chi connectivity index (χ0v) is 8.84. The van der Waals surface area contributed by atoms with E-state index in [-0.39, 0.29) is 0 Å². The Bertz CT molecular complexity index is 207. The van der Waals surface area contributed by atoms with Crippen molar-refractivity contribution < 1.29 is 0 Å². The first kappa shape index (κ1) is 9.26. The third kappa shape index (κ3) is 1.25. The fourth-order valence-corrected chi connectivity index (χ4v) is 3.49. The van der Waals surface area contributed by atoms with Gasteiger partial charge in [0.25, 0.3) is 0 Å². The van der Waals surface area contributed by atoms with Gasteiger partial charge in [-0.05, 0) is 37.5 Å². The van der Waals surface area contributed by atoms with Gasteiger partial charge in [-0.25, -0.2) is 0 Å². The van der Waals surface area contributed by atoms with Crippen LogP contribution in [0.5, 0.6) is 0 Å². The number of nitrogens with two attached hydrogens (primary N) is 1. The van der Waals surface area contributed by atoms with E-state index < -0.39 is 0 Å². The predicted molar refractivity (Wildman–Crippen MR) is 56.4 cm³/mol. The minimum atomic E-state index is 0.471. The van der Waals surface area contributed by atoms with E-state index in [2.05, 4.69) is 13.8 Å². The molecule has 0 aromatic carbocycles. The molecule has 0 aromatic rings. The molecule has 2 bridgehead atoms. The Kier molecular flexibility index (Phi) is 2.46. The zero-order chi connectivity index (χ0) is 9.42. The molecule has 0 aliphatic heterocycles. The highest BCUT2D eigenvalue weighted by atomic mass is 14.7. The Balaban J connectivity index is 2.32. The molecule has 13 heavy (non-hydrogen) atoms. The first-order valence-electron chi connectivity index (χ1n) is 5.77. The van der Waals surface area contributed by atoms with Crippen molar-refractivity contribution in [3.8, 4) is 0 Å². The molecule has 2 unspecified atom stereocenters. The van der Waals surface area contributed by atoms with Crippen LogP contribution in [0.4, 0.5) is 0 Å². The van der Waals surface area contributed by atoms with Gasteiger partial charge in [0.05, 0.1) is 0 Å². The summed E-state index contributed by atoms with van der Waals surface area (Å²) in [5.41, 5.74) is 9.71. The summed E-state index contributed by atoms with van der Waals surface area (Å²) in [6, 6.07) is 0.471. The van der Waals surface area contributed by atoms with Crippen LogP contribution in [0.2, 0.25) is 0 Å². The van der Waals surface area contributed by atoms with E-state index in [4.69, 9.17) is 5.73 Å². The van der Waals surface area contributed by atoms with Crippen molar-refractivity contribution in [1.29, 1.82) is 0 Å². The average molecular weight is 179 g/mol. The van der Waals surface area contributed by atoms with Crippen LogP contribution >= 0.6 is 0 Å². The molecular weight excluding hydrogens is 158 g/mol. The molecule has 74 valence electrons. The van der Waals surface area contributed by atoms with E-state index >= 15 is 0 Å². The molecule has 0 saturated heterocycles. The molecule has 2 aliphatic rings. The molecule has 1 fully saturated rings. The van der Waals surface area contributed by atoms with E-state index in [9.17, 15) is 0 Å². The Labute approximate surface area is 81.4 Å². The first-order chi connectivity index (χ1) is 6.29. The Morgan fingerprint density at radius 1 is 1.08 bits per heavy atom.